The van der Waals surface area contributed by atoms with Crippen molar-refractivity contribution in [3.63, 3.8) is 0 Å². The van der Waals surface area contributed by atoms with Gasteiger partial charge in [0.15, 0.2) is 5.78 Å². The second kappa shape index (κ2) is 5.26. The van der Waals surface area contributed by atoms with Gasteiger partial charge in [0.05, 0.1) is 0 Å². The van der Waals surface area contributed by atoms with Crippen molar-refractivity contribution < 1.29 is 14.7 Å². The molecule has 1 aromatic rings. The lowest BCUT2D eigenvalue weighted by molar-refractivity contribution is -0.138. The highest BCUT2D eigenvalue weighted by Crippen LogP contribution is 2.17. The van der Waals surface area contributed by atoms with Crippen LogP contribution in [0.25, 0.3) is 0 Å². The molecule has 0 aromatic heterocycles. The third-order valence-electron chi connectivity index (χ3n) is 2.04. The fourth-order valence-corrected chi connectivity index (χ4v) is 1.66. The van der Waals surface area contributed by atoms with Crippen molar-refractivity contribution in [3.8, 4) is 0 Å². The molecule has 0 bridgehead atoms. The van der Waals surface area contributed by atoms with E-state index in [-0.39, 0.29) is 12.2 Å². The van der Waals surface area contributed by atoms with Crippen LogP contribution in [-0.2, 0) is 4.79 Å². The van der Waals surface area contributed by atoms with Crippen molar-refractivity contribution in [1.29, 1.82) is 0 Å². The quantitative estimate of drug-likeness (QED) is 0.430. The number of benzene rings is 1. The Morgan fingerprint density at radius 3 is 2.62 bits per heavy atom. The molecule has 16 heavy (non-hydrogen) atoms. The number of Topliss-reactive ketones (excluding diaryl/α,β-unsaturated/α-hetero) is 1. The number of carbonyl (C=O) groups excluding carboxylic acids is 1. The van der Waals surface area contributed by atoms with Gasteiger partial charge in [-0.05, 0) is 40.8 Å². The molecule has 0 spiro atoms. The molecule has 1 atom stereocenters. The van der Waals surface area contributed by atoms with Crippen LogP contribution in [0.1, 0.15) is 16.8 Å². The first-order valence-electron chi connectivity index (χ1n) is 4.48. The molecule has 1 rings (SSSR count). The molecule has 0 aliphatic heterocycles. The van der Waals surface area contributed by atoms with Crippen LogP contribution in [0, 0.1) is 3.57 Å². The number of hydrogen-bond donors (Lipinski definition) is 3. The number of rotatable bonds is 4. The molecule has 0 radical (unpaired) electrons. The Bertz CT molecular complexity index is 434. The molecular weight excluding hydrogens is 323 g/mol. The van der Waals surface area contributed by atoms with Gasteiger partial charge in [0, 0.05) is 21.2 Å². The molecule has 0 aliphatic rings. The minimum absolute atomic E-state index is 0.250. The maximum Gasteiger partial charge on any atom is 0.320 e. The van der Waals surface area contributed by atoms with Crippen molar-refractivity contribution >= 4 is 40.0 Å². The van der Waals surface area contributed by atoms with E-state index in [1.165, 1.54) is 0 Å². The van der Waals surface area contributed by atoms with Gasteiger partial charge < -0.3 is 16.6 Å². The summed E-state index contributed by atoms with van der Waals surface area (Å²) in [5.74, 6) is -1.55. The Morgan fingerprint density at radius 1 is 1.44 bits per heavy atom. The van der Waals surface area contributed by atoms with Gasteiger partial charge in [-0.3, -0.25) is 9.59 Å². The predicted octanol–water partition coefficient (Wildman–Crippen LogP) is 0.858. The first-order chi connectivity index (χ1) is 7.41. The van der Waals surface area contributed by atoms with Crippen LogP contribution < -0.4 is 11.5 Å². The molecule has 0 saturated heterocycles. The van der Waals surface area contributed by atoms with E-state index in [0.29, 0.717) is 11.3 Å². The average molecular weight is 334 g/mol. The van der Waals surface area contributed by atoms with E-state index in [0.717, 1.165) is 3.57 Å². The lowest BCUT2D eigenvalue weighted by Gasteiger charge is -2.08. The second-order valence-electron chi connectivity index (χ2n) is 3.30. The number of nitrogens with two attached hydrogens (primary N) is 2. The van der Waals surface area contributed by atoms with Crippen LogP contribution in [-0.4, -0.2) is 22.9 Å². The summed E-state index contributed by atoms with van der Waals surface area (Å²) in [4.78, 5) is 22.2. The Hall–Kier alpha value is -1.15. The van der Waals surface area contributed by atoms with Gasteiger partial charge in [-0.15, -0.1) is 0 Å². The Kier molecular flexibility index (Phi) is 4.25. The van der Waals surface area contributed by atoms with Crippen LogP contribution in [0.5, 0.6) is 0 Å². The van der Waals surface area contributed by atoms with Gasteiger partial charge >= 0.3 is 5.97 Å². The summed E-state index contributed by atoms with van der Waals surface area (Å²) in [6, 6.07) is 3.81. The topological polar surface area (TPSA) is 106 Å². The van der Waals surface area contributed by atoms with E-state index >= 15 is 0 Å². The van der Waals surface area contributed by atoms with E-state index < -0.39 is 12.0 Å². The number of carboxylic acids is 1. The van der Waals surface area contributed by atoms with Gasteiger partial charge in [-0.25, -0.2) is 0 Å². The standard InChI is InChI=1S/C10H11IN2O3/c11-5-1-2-7(12)6(3-5)9(14)4-8(13)10(15)16/h1-3,8H,4,12-13H2,(H,15,16). The molecule has 5 nitrogen and oxygen atoms in total. The number of carbonyl (C=O) groups is 2. The summed E-state index contributed by atoms with van der Waals surface area (Å²) in [6.45, 7) is 0. The zero-order valence-corrected chi connectivity index (χ0v) is 10.5. The fraction of sp³-hybridized carbons (Fsp3) is 0.200. The molecule has 0 saturated carbocycles. The van der Waals surface area contributed by atoms with Gasteiger partial charge in [0.1, 0.15) is 6.04 Å². The zero-order chi connectivity index (χ0) is 12.3. The summed E-state index contributed by atoms with van der Waals surface area (Å²) in [6.07, 6.45) is -0.250. The van der Waals surface area contributed by atoms with Crippen molar-refractivity contribution in [2.45, 2.75) is 12.5 Å². The molecule has 1 aromatic carbocycles. The normalized spacial score (nSPS) is 12.1. The third-order valence-corrected chi connectivity index (χ3v) is 2.71. The monoisotopic (exact) mass is 334 g/mol. The van der Waals surface area contributed by atoms with Crippen LogP contribution >= 0.6 is 22.6 Å². The first kappa shape index (κ1) is 12.9. The molecular formula is C10H11IN2O3. The molecule has 86 valence electrons. The van der Waals surface area contributed by atoms with Gasteiger partial charge in [-0.2, -0.15) is 0 Å². The summed E-state index contributed by atoms with van der Waals surface area (Å²) < 4.78 is 0.860. The Labute approximate surface area is 106 Å². The lowest BCUT2D eigenvalue weighted by Crippen LogP contribution is -2.32. The van der Waals surface area contributed by atoms with E-state index in [4.69, 9.17) is 16.6 Å². The minimum Gasteiger partial charge on any atom is -0.480 e. The van der Waals surface area contributed by atoms with Crippen molar-refractivity contribution in [1.82, 2.24) is 0 Å². The number of anilines is 1. The summed E-state index contributed by atoms with van der Waals surface area (Å²) in [7, 11) is 0. The maximum absolute atomic E-state index is 11.7. The van der Waals surface area contributed by atoms with Crippen molar-refractivity contribution in [2.24, 2.45) is 5.73 Å². The minimum atomic E-state index is -1.20. The van der Waals surface area contributed by atoms with Gasteiger partial charge in [0.2, 0.25) is 0 Å². The highest BCUT2D eigenvalue weighted by Gasteiger charge is 2.19. The van der Waals surface area contributed by atoms with Crippen LogP contribution in [0.3, 0.4) is 0 Å². The Balaban J connectivity index is 2.88. The number of halogens is 1. The predicted molar refractivity (Wildman–Crippen MR) is 68.1 cm³/mol. The number of hydrogen-bond acceptors (Lipinski definition) is 4. The molecule has 0 heterocycles. The number of carboxylic acid groups (broad SMARTS) is 1. The van der Waals surface area contributed by atoms with E-state index in [1.54, 1.807) is 18.2 Å². The summed E-state index contributed by atoms with van der Waals surface area (Å²) in [5, 5.41) is 8.59. The average Bonchev–Trinajstić information content (AvgIpc) is 2.21. The van der Waals surface area contributed by atoms with Gasteiger partial charge in [-0.1, -0.05) is 0 Å². The third kappa shape index (κ3) is 3.17. The molecule has 6 heteroatoms. The summed E-state index contributed by atoms with van der Waals surface area (Å²) >= 11 is 2.05. The number of ketones is 1. The molecule has 0 fully saturated rings. The molecule has 0 aliphatic carbocycles. The van der Waals surface area contributed by atoms with E-state index in [9.17, 15) is 9.59 Å². The largest absolute Gasteiger partial charge is 0.480 e. The first-order valence-corrected chi connectivity index (χ1v) is 5.56. The van der Waals surface area contributed by atoms with E-state index in [1.807, 2.05) is 22.6 Å². The number of nitrogen functional groups attached to an aromatic ring is 1. The summed E-state index contributed by atoms with van der Waals surface area (Å²) in [5.41, 5.74) is 11.6. The highest BCUT2D eigenvalue weighted by molar-refractivity contribution is 14.1. The smallest absolute Gasteiger partial charge is 0.320 e. The van der Waals surface area contributed by atoms with Crippen molar-refractivity contribution in [2.75, 3.05) is 5.73 Å². The molecule has 5 N–H and O–H groups in total. The SMILES string of the molecule is Nc1ccc(I)cc1C(=O)CC(N)C(=O)O. The van der Waals surface area contributed by atoms with Crippen LogP contribution in [0.4, 0.5) is 5.69 Å². The lowest BCUT2D eigenvalue weighted by atomic mass is 10.0. The van der Waals surface area contributed by atoms with Gasteiger partial charge in [0.25, 0.3) is 0 Å². The maximum atomic E-state index is 11.7. The highest BCUT2D eigenvalue weighted by atomic mass is 127. The second-order valence-corrected chi connectivity index (χ2v) is 4.55. The number of aliphatic carboxylic acids is 1. The van der Waals surface area contributed by atoms with E-state index in [2.05, 4.69) is 0 Å². The zero-order valence-electron chi connectivity index (χ0n) is 8.31. The molecule has 0 amide bonds. The molecule has 1 unspecified atom stereocenters. The van der Waals surface area contributed by atoms with Crippen LogP contribution in [0.2, 0.25) is 0 Å². The fourth-order valence-electron chi connectivity index (χ4n) is 1.17. The Morgan fingerprint density at radius 2 is 2.06 bits per heavy atom. The van der Waals surface area contributed by atoms with Crippen LogP contribution in [0.15, 0.2) is 18.2 Å². The van der Waals surface area contributed by atoms with Crippen molar-refractivity contribution in [3.05, 3.63) is 27.3 Å².